The highest BCUT2D eigenvalue weighted by Gasteiger charge is 2.10. The molecular weight excluding hydrogens is 224 g/mol. The topological polar surface area (TPSA) is 47.1 Å². The molecule has 0 saturated carbocycles. The van der Waals surface area contributed by atoms with Crippen LogP contribution < -0.4 is 5.73 Å². The number of imidazole rings is 1. The van der Waals surface area contributed by atoms with Gasteiger partial charge in [0.25, 0.3) is 0 Å². The molecule has 0 aliphatic heterocycles. The largest absolute Gasteiger partial charge is 0.335 e. The van der Waals surface area contributed by atoms with Crippen molar-refractivity contribution in [1.29, 1.82) is 0 Å². The Bertz CT molecular complexity index is 317. The van der Waals surface area contributed by atoms with Crippen molar-refractivity contribution < 1.29 is 0 Å². The number of nitrogens with two attached hydrogens (primary N) is 1. The maximum Gasteiger partial charge on any atom is 0.110 e. The predicted molar refractivity (Wildman–Crippen MR) is 76.6 cm³/mol. The molecule has 0 spiro atoms. The van der Waals surface area contributed by atoms with Crippen LogP contribution in [0.3, 0.4) is 0 Å². The van der Waals surface area contributed by atoms with E-state index in [2.05, 4.69) is 41.4 Å². The molecule has 0 radical (unpaired) electrons. The van der Waals surface area contributed by atoms with Gasteiger partial charge in [-0.2, -0.15) is 0 Å². The van der Waals surface area contributed by atoms with E-state index in [0.29, 0.717) is 0 Å². The van der Waals surface area contributed by atoms with Crippen molar-refractivity contribution in [3.05, 3.63) is 18.2 Å². The minimum absolute atomic E-state index is 0.212. The van der Waals surface area contributed by atoms with Gasteiger partial charge >= 0.3 is 0 Å². The lowest BCUT2D eigenvalue weighted by molar-refractivity contribution is 0.289. The molecule has 1 unspecified atom stereocenters. The SMILES string of the molecule is CCCn1ccnc1CC(N)CCN(CC)CC. The van der Waals surface area contributed by atoms with E-state index in [1.165, 1.54) is 0 Å². The van der Waals surface area contributed by atoms with E-state index in [1.807, 2.05) is 6.20 Å². The Kier molecular flexibility index (Phi) is 6.98. The Balaban J connectivity index is 2.39. The summed E-state index contributed by atoms with van der Waals surface area (Å²) in [6.45, 7) is 10.9. The molecule has 0 fully saturated rings. The van der Waals surface area contributed by atoms with Crippen molar-refractivity contribution in [2.45, 2.75) is 52.6 Å². The van der Waals surface area contributed by atoms with Gasteiger partial charge in [0.15, 0.2) is 0 Å². The second-order valence-corrected chi connectivity index (χ2v) is 4.82. The van der Waals surface area contributed by atoms with Crippen molar-refractivity contribution in [3.63, 3.8) is 0 Å². The summed E-state index contributed by atoms with van der Waals surface area (Å²) < 4.78 is 2.22. The lowest BCUT2D eigenvalue weighted by Crippen LogP contribution is -2.32. The standard InChI is InChI=1S/C14H28N4/c1-4-9-18-11-8-16-14(18)12-13(15)7-10-17(5-2)6-3/h8,11,13H,4-7,9-10,12,15H2,1-3H3. The first-order valence-corrected chi connectivity index (χ1v) is 7.19. The summed E-state index contributed by atoms with van der Waals surface area (Å²) in [7, 11) is 0. The number of hydrogen-bond acceptors (Lipinski definition) is 3. The normalized spacial score (nSPS) is 13.2. The molecule has 1 heterocycles. The van der Waals surface area contributed by atoms with Crippen molar-refractivity contribution >= 4 is 0 Å². The Morgan fingerprint density at radius 3 is 2.67 bits per heavy atom. The summed E-state index contributed by atoms with van der Waals surface area (Å²) in [5.74, 6) is 1.13. The number of hydrogen-bond donors (Lipinski definition) is 1. The molecule has 1 rings (SSSR count). The zero-order valence-corrected chi connectivity index (χ0v) is 12.1. The maximum atomic E-state index is 6.21. The van der Waals surface area contributed by atoms with Crippen molar-refractivity contribution in [2.75, 3.05) is 19.6 Å². The second-order valence-electron chi connectivity index (χ2n) is 4.82. The first-order valence-electron chi connectivity index (χ1n) is 7.19. The first kappa shape index (κ1) is 15.2. The molecule has 1 aromatic rings. The van der Waals surface area contributed by atoms with Gasteiger partial charge in [-0.15, -0.1) is 0 Å². The predicted octanol–water partition coefficient (Wildman–Crippen LogP) is 1.89. The van der Waals surface area contributed by atoms with Crippen LogP contribution in [-0.2, 0) is 13.0 Å². The Hall–Kier alpha value is -0.870. The molecule has 0 saturated heterocycles. The molecule has 18 heavy (non-hydrogen) atoms. The molecule has 0 aliphatic carbocycles. The monoisotopic (exact) mass is 252 g/mol. The summed E-state index contributed by atoms with van der Waals surface area (Å²) in [6, 6.07) is 0.212. The fraction of sp³-hybridized carbons (Fsp3) is 0.786. The minimum Gasteiger partial charge on any atom is -0.335 e. The van der Waals surface area contributed by atoms with Crippen molar-refractivity contribution in [3.8, 4) is 0 Å². The molecule has 104 valence electrons. The van der Waals surface area contributed by atoms with Gasteiger partial charge < -0.3 is 15.2 Å². The molecule has 4 heteroatoms. The van der Waals surface area contributed by atoms with Crippen LogP contribution in [0.5, 0.6) is 0 Å². The van der Waals surface area contributed by atoms with Crippen LogP contribution in [0.4, 0.5) is 0 Å². The smallest absolute Gasteiger partial charge is 0.110 e. The van der Waals surface area contributed by atoms with Gasteiger partial charge in [0.1, 0.15) is 5.82 Å². The summed E-state index contributed by atoms with van der Waals surface area (Å²) >= 11 is 0. The first-order chi connectivity index (χ1) is 8.71. The Labute approximate surface area is 111 Å². The van der Waals surface area contributed by atoms with Gasteiger partial charge in [-0.05, 0) is 32.5 Å². The molecule has 2 N–H and O–H groups in total. The van der Waals surface area contributed by atoms with Crippen LogP contribution in [0, 0.1) is 0 Å². The van der Waals surface area contributed by atoms with E-state index in [0.717, 1.165) is 51.3 Å². The third kappa shape index (κ3) is 4.78. The molecule has 1 aromatic heterocycles. The zero-order valence-electron chi connectivity index (χ0n) is 12.1. The molecular formula is C14H28N4. The van der Waals surface area contributed by atoms with Crippen LogP contribution in [0.25, 0.3) is 0 Å². The lowest BCUT2D eigenvalue weighted by Gasteiger charge is -2.20. The summed E-state index contributed by atoms with van der Waals surface area (Å²) in [6.07, 6.45) is 6.99. The van der Waals surface area contributed by atoms with Gasteiger partial charge in [0.05, 0.1) is 0 Å². The molecule has 1 atom stereocenters. The fourth-order valence-corrected chi connectivity index (χ4v) is 2.20. The average Bonchev–Trinajstić information content (AvgIpc) is 2.78. The van der Waals surface area contributed by atoms with E-state index in [4.69, 9.17) is 5.73 Å². The van der Waals surface area contributed by atoms with E-state index in [9.17, 15) is 0 Å². The maximum absolute atomic E-state index is 6.21. The van der Waals surface area contributed by atoms with Crippen LogP contribution >= 0.6 is 0 Å². The van der Waals surface area contributed by atoms with E-state index in [1.54, 1.807) is 0 Å². The van der Waals surface area contributed by atoms with Crippen molar-refractivity contribution in [1.82, 2.24) is 14.5 Å². The number of rotatable bonds is 9. The van der Waals surface area contributed by atoms with Crippen molar-refractivity contribution in [2.24, 2.45) is 5.73 Å². The molecule has 4 nitrogen and oxygen atoms in total. The highest BCUT2D eigenvalue weighted by molar-refractivity contribution is 4.95. The third-order valence-electron chi connectivity index (χ3n) is 3.42. The summed E-state index contributed by atoms with van der Waals surface area (Å²) in [5, 5.41) is 0. The molecule has 0 aromatic carbocycles. The highest BCUT2D eigenvalue weighted by atomic mass is 15.1. The molecule has 0 amide bonds. The second kappa shape index (κ2) is 8.27. The fourth-order valence-electron chi connectivity index (χ4n) is 2.20. The Morgan fingerprint density at radius 2 is 2.06 bits per heavy atom. The van der Waals surface area contributed by atoms with Crippen LogP contribution in [0.2, 0.25) is 0 Å². The van der Waals surface area contributed by atoms with Gasteiger partial charge in [-0.1, -0.05) is 20.8 Å². The molecule has 0 aliphatic rings. The van der Waals surface area contributed by atoms with Crippen LogP contribution in [0.1, 0.15) is 39.4 Å². The molecule has 0 bridgehead atoms. The quantitative estimate of drug-likeness (QED) is 0.730. The van der Waals surface area contributed by atoms with Crippen LogP contribution in [0.15, 0.2) is 12.4 Å². The van der Waals surface area contributed by atoms with Gasteiger partial charge in [-0.25, -0.2) is 4.98 Å². The third-order valence-corrected chi connectivity index (χ3v) is 3.42. The van der Waals surface area contributed by atoms with E-state index in [-0.39, 0.29) is 6.04 Å². The van der Waals surface area contributed by atoms with E-state index >= 15 is 0 Å². The Morgan fingerprint density at radius 1 is 1.33 bits per heavy atom. The number of nitrogens with zero attached hydrogens (tertiary/aromatic N) is 3. The van der Waals surface area contributed by atoms with E-state index < -0.39 is 0 Å². The van der Waals surface area contributed by atoms with Gasteiger partial charge in [0, 0.05) is 31.4 Å². The van der Waals surface area contributed by atoms with Gasteiger partial charge in [0.2, 0.25) is 0 Å². The van der Waals surface area contributed by atoms with Crippen LogP contribution in [-0.4, -0.2) is 40.1 Å². The summed E-state index contributed by atoms with van der Waals surface area (Å²) in [4.78, 5) is 6.83. The highest BCUT2D eigenvalue weighted by Crippen LogP contribution is 2.05. The number of aromatic nitrogens is 2. The zero-order chi connectivity index (χ0) is 13.4. The number of aryl methyl sites for hydroxylation is 1. The lowest BCUT2D eigenvalue weighted by atomic mass is 10.1. The average molecular weight is 252 g/mol. The summed E-state index contributed by atoms with van der Waals surface area (Å²) in [5.41, 5.74) is 6.21. The van der Waals surface area contributed by atoms with Gasteiger partial charge in [-0.3, -0.25) is 0 Å². The minimum atomic E-state index is 0.212.